The number of methoxy groups -OCH3 is 1. The zero-order valence-electron chi connectivity index (χ0n) is 9.34. The first-order valence-electron chi connectivity index (χ1n) is 5.19. The predicted octanol–water partition coefficient (Wildman–Crippen LogP) is 2.33. The lowest BCUT2D eigenvalue weighted by Crippen LogP contribution is -2.16. The largest absolute Gasteiger partial charge is 0.469 e. The van der Waals surface area contributed by atoms with Gasteiger partial charge < -0.3 is 4.74 Å². The molecule has 82 valence electrons. The topological polar surface area (TPSA) is 43.4 Å². The van der Waals surface area contributed by atoms with Gasteiger partial charge in [0.15, 0.2) is 0 Å². The van der Waals surface area contributed by atoms with Crippen LogP contribution in [0.4, 0.5) is 0 Å². The van der Waals surface area contributed by atoms with Gasteiger partial charge in [-0.1, -0.05) is 26.2 Å². The summed E-state index contributed by atoms with van der Waals surface area (Å²) in [5, 5.41) is 0. The molecule has 0 aliphatic heterocycles. The van der Waals surface area contributed by atoms with Gasteiger partial charge in [0.2, 0.25) is 0 Å². The number of carbonyl (C=O) groups is 2. The first-order valence-corrected chi connectivity index (χ1v) is 5.19. The van der Waals surface area contributed by atoms with Gasteiger partial charge >= 0.3 is 5.97 Å². The van der Waals surface area contributed by atoms with Gasteiger partial charge in [-0.2, -0.15) is 0 Å². The standard InChI is InChI=1S/C11H20O3/c1-4-5-6-7-10(9(2)12)8-11(13)14-3/h10H,4-8H2,1-3H3. The number of hydrogen-bond donors (Lipinski definition) is 0. The molecule has 0 rings (SSSR count). The molecule has 0 saturated carbocycles. The van der Waals surface area contributed by atoms with Gasteiger partial charge in [-0.3, -0.25) is 9.59 Å². The second-order valence-corrected chi connectivity index (χ2v) is 3.58. The van der Waals surface area contributed by atoms with E-state index >= 15 is 0 Å². The number of hydrogen-bond acceptors (Lipinski definition) is 3. The SMILES string of the molecule is CCCCCC(CC(=O)OC)C(C)=O. The summed E-state index contributed by atoms with van der Waals surface area (Å²) in [6, 6.07) is 0. The summed E-state index contributed by atoms with van der Waals surface area (Å²) in [4.78, 5) is 22.2. The van der Waals surface area contributed by atoms with Crippen molar-refractivity contribution >= 4 is 11.8 Å². The Bertz CT molecular complexity index is 187. The summed E-state index contributed by atoms with van der Waals surface area (Å²) >= 11 is 0. The van der Waals surface area contributed by atoms with E-state index < -0.39 is 0 Å². The normalized spacial score (nSPS) is 12.2. The highest BCUT2D eigenvalue weighted by molar-refractivity contribution is 5.83. The van der Waals surface area contributed by atoms with Crippen LogP contribution in [0, 0.1) is 5.92 Å². The van der Waals surface area contributed by atoms with Crippen LogP contribution in [0.25, 0.3) is 0 Å². The molecule has 0 bridgehead atoms. The van der Waals surface area contributed by atoms with Gasteiger partial charge in [0.1, 0.15) is 5.78 Å². The van der Waals surface area contributed by atoms with Crippen LogP contribution in [0.2, 0.25) is 0 Å². The smallest absolute Gasteiger partial charge is 0.306 e. The minimum atomic E-state index is -0.290. The van der Waals surface area contributed by atoms with E-state index in [4.69, 9.17) is 0 Å². The molecule has 14 heavy (non-hydrogen) atoms. The molecule has 0 aliphatic rings. The summed E-state index contributed by atoms with van der Waals surface area (Å²) < 4.78 is 4.55. The van der Waals surface area contributed by atoms with Crippen molar-refractivity contribution in [2.24, 2.45) is 5.92 Å². The molecule has 0 N–H and O–H groups in total. The van der Waals surface area contributed by atoms with Crippen molar-refractivity contribution in [2.75, 3.05) is 7.11 Å². The minimum absolute atomic E-state index is 0.0894. The molecule has 0 spiro atoms. The molecule has 0 radical (unpaired) electrons. The van der Waals surface area contributed by atoms with E-state index in [1.807, 2.05) is 0 Å². The lowest BCUT2D eigenvalue weighted by Gasteiger charge is -2.11. The van der Waals surface area contributed by atoms with Gasteiger partial charge in [-0.15, -0.1) is 0 Å². The highest BCUT2D eigenvalue weighted by Crippen LogP contribution is 2.15. The Morgan fingerprint density at radius 3 is 2.36 bits per heavy atom. The molecule has 0 heterocycles. The van der Waals surface area contributed by atoms with Gasteiger partial charge in [-0.25, -0.2) is 0 Å². The molecule has 3 nitrogen and oxygen atoms in total. The van der Waals surface area contributed by atoms with E-state index in [1.54, 1.807) is 6.92 Å². The zero-order chi connectivity index (χ0) is 11.0. The first-order chi connectivity index (χ1) is 6.61. The molecule has 1 atom stereocenters. The molecule has 1 unspecified atom stereocenters. The highest BCUT2D eigenvalue weighted by Gasteiger charge is 2.17. The molecule has 0 aromatic heterocycles. The number of rotatable bonds is 7. The molecular weight excluding hydrogens is 180 g/mol. The van der Waals surface area contributed by atoms with Crippen LogP contribution in [0.3, 0.4) is 0 Å². The lowest BCUT2D eigenvalue weighted by atomic mass is 9.94. The first kappa shape index (κ1) is 13.1. The maximum absolute atomic E-state index is 11.2. The van der Waals surface area contributed by atoms with Crippen molar-refractivity contribution in [2.45, 2.75) is 46.0 Å². The average molecular weight is 200 g/mol. The van der Waals surface area contributed by atoms with Crippen molar-refractivity contribution in [1.82, 2.24) is 0 Å². The van der Waals surface area contributed by atoms with Crippen LogP contribution in [0.5, 0.6) is 0 Å². The number of esters is 1. The van der Waals surface area contributed by atoms with Gasteiger partial charge in [0, 0.05) is 5.92 Å². The van der Waals surface area contributed by atoms with Crippen molar-refractivity contribution in [3.8, 4) is 0 Å². The Hall–Kier alpha value is -0.860. The molecule has 0 saturated heterocycles. The Balaban J connectivity index is 3.90. The fraction of sp³-hybridized carbons (Fsp3) is 0.818. The molecule has 3 heteroatoms. The van der Waals surface area contributed by atoms with Crippen molar-refractivity contribution in [3.63, 3.8) is 0 Å². The Morgan fingerprint density at radius 1 is 1.29 bits per heavy atom. The van der Waals surface area contributed by atoms with E-state index in [2.05, 4.69) is 11.7 Å². The fourth-order valence-corrected chi connectivity index (χ4v) is 1.37. The zero-order valence-corrected chi connectivity index (χ0v) is 9.34. The highest BCUT2D eigenvalue weighted by atomic mass is 16.5. The number of Topliss-reactive ketones (excluding diaryl/α,β-unsaturated/α-hetero) is 1. The Kier molecular flexibility index (Phi) is 7.07. The maximum Gasteiger partial charge on any atom is 0.306 e. The summed E-state index contributed by atoms with van der Waals surface area (Å²) in [7, 11) is 1.35. The van der Waals surface area contributed by atoms with E-state index in [-0.39, 0.29) is 24.1 Å². The molecule has 0 amide bonds. The van der Waals surface area contributed by atoms with Crippen LogP contribution in [0.1, 0.15) is 46.0 Å². The number of ketones is 1. The average Bonchev–Trinajstić information content (AvgIpc) is 2.16. The van der Waals surface area contributed by atoms with E-state index in [9.17, 15) is 9.59 Å². The second kappa shape index (κ2) is 7.54. The van der Waals surface area contributed by atoms with Crippen LogP contribution in [-0.2, 0) is 14.3 Å². The second-order valence-electron chi connectivity index (χ2n) is 3.58. The van der Waals surface area contributed by atoms with Crippen LogP contribution in [0.15, 0.2) is 0 Å². The van der Waals surface area contributed by atoms with Crippen molar-refractivity contribution in [1.29, 1.82) is 0 Å². The summed E-state index contributed by atoms with van der Waals surface area (Å²) in [6.07, 6.45) is 4.29. The summed E-state index contributed by atoms with van der Waals surface area (Å²) in [5.41, 5.74) is 0. The molecule has 0 aliphatic carbocycles. The van der Waals surface area contributed by atoms with Crippen LogP contribution < -0.4 is 0 Å². The molecular formula is C11H20O3. The quantitative estimate of drug-likeness (QED) is 0.468. The number of carbonyl (C=O) groups excluding carboxylic acids is 2. The summed E-state index contributed by atoms with van der Waals surface area (Å²) in [6.45, 7) is 3.66. The Labute approximate surface area is 85.8 Å². The minimum Gasteiger partial charge on any atom is -0.469 e. The van der Waals surface area contributed by atoms with Gasteiger partial charge in [0.05, 0.1) is 13.5 Å². The third-order valence-electron chi connectivity index (χ3n) is 2.37. The number of unbranched alkanes of at least 4 members (excludes halogenated alkanes) is 2. The van der Waals surface area contributed by atoms with Crippen LogP contribution in [-0.4, -0.2) is 18.9 Å². The molecule has 0 aromatic rings. The van der Waals surface area contributed by atoms with E-state index in [0.717, 1.165) is 25.7 Å². The van der Waals surface area contributed by atoms with E-state index in [1.165, 1.54) is 7.11 Å². The fourth-order valence-electron chi connectivity index (χ4n) is 1.37. The third-order valence-corrected chi connectivity index (χ3v) is 2.37. The van der Waals surface area contributed by atoms with E-state index in [0.29, 0.717) is 0 Å². The number of ether oxygens (including phenoxy) is 1. The third kappa shape index (κ3) is 5.73. The van der Waals surface area contributed by atoms with Gasteiger partial charge in [0.25, 0.3) is 0 Å². The Morgan fingerprint density at radius 2 is 1.93 bits per heavy atom. The predicted molar refractivity (Wildman–Crippen MR) is 54.9 cm³/mol. The summed E-state index contributed by atoms with van der Waals surface area (Å²) in [5.74, 6) is -0.345. The molecule has 0 aromatic carbocycles. The molecule has 0 fully saturated rings. The van der Waals surface area contributed by atoms with Crippen molar-refractivity contribution < 1.29 is 14.3 Å². The van der Waals surface area contributed by atoms with Crippen LogP contribution >= 0.6 is 0 Å². The van der Waals surface area contributed by atoms with Gasteiger partial charge in [-0.05, 0) is 13.3 Å². The lowest BCUT2D eigenvalue weighted by molar-refractivity contribution is -0.143. The van der Waals surface area contributed by atoms with Crippen molar-refractivity contribution in [3.05, 3.63) is 0 Å². The maximum atomic E-state index is 11.2. The monoisotopic (exact) mass is 200 g/mol.